The van der Waals surface area contributed by atoms with E-state index in [0.29, 0.717) is 12.5 Å². The maximum Gasteiger partial charge on any atom is 0.310 e. The van der Waals surface area contributed by atoms with E-state index in [1.807, 2.05) is 0 Å². The van der Waals surface area contributed by atoms with Crippen LogP contribution < -0.4 is 5.73 Å². The molecule has 2 aliphatic carbocycles. The number of esters is 1. The van der Waals surface area contributed by atoms with Gasteiger partial charge in [0.1, 0.15) is 0 Å². The van der Waals surface area contributed by atoms with Crippen LogP contribution in [0.25, 0.3) is 0 Å². The number of hydrogen-bond donors (Lipinski definition) is 1. The third-order valence-corrected chi connectivity index (χ3v) is 4.06. The summed E-state index contributed by atoms with van der Waals surface area (Å²) in [4.78, 5) is 11.9. The average Bonchev–Trinajstić information content (AvgIpc) is 2.79. The number of rotatable bonds is 3. The third kappa shape index (κ3) is 2.97. The molecular formula is C13H23NO2. The molecule has 0 bridgehead atoms. The fourth-order valence-electron chi connectivity index (χ4n) is 2.94. The van der Waals surface area contributed by atoms with Crippen molar-refractivity contribution in [2.75, 3.05) is 6.61 Å². The van der Waals surface area contributed by atoms with Crippen LogP contribution in [-0.4, -0.2) is 18.6 Å². The second-order valence-corrected chi connectivity index (χ2v) is 5.34. The summed E-state index contributed by atoms with van der Waals surface area (Å²) in [5, 5.41) is 0. The van der Waals surface area contributed by atoms with Crippen molar-refractivity contribution in [3.05, 3.63) is 0 Å². The summed E-state index contributed by atoms with van der Waals surface area (Å²) in [5.41, 5.74) is 5.96. The van der Waals surface area contributed by atoms with E-state index in [9.17, 15) is 4.79 Å². The molecule has 2 rings (SSSR count). The standard InChI is InChI=1S/C13H23NO2/c14-12-8-4-3-7-11(12)13(15)16-9-10-5-1-2-6-10/h10-12H,1-9,14H2. The van der Waals surface area contributed by atoms with Crippen LogP contribution in [0.1, 0.15) is 51.4 Å². The van der Waals surface area contributed by atoms with Gasteiger partial charge in [0.25, 0.3) is 0 Å². The Balaban J connectivity index is 1.73. The van der Waals surface area contributed by atoms with Crippen LogP contribution in [0.4, 0.5) is 0 Å². The van der Waals surface area contributed by atoms with Gasteiger partial charge in [-0.3, -0.25) is 4.79 Å². The Kier molecular flexibility index (Phi) is 4.22. The molecule has 2 atom stereocenters. The summed E-state index contributed by atoms with van der Waals surface area (Å²) in [5.74, 6) is 0.540. The smallest absolute Gasteiger partial charge is 0.310 e. The fourth-order valence-corrected chi connectivity index (χ4v) is 2.94. The van der Waals surface area contributed by atoms with Gasteiger partial charge in [0, 0.05) is 6.04 Å². The lowest BCUT2D eigenvalue weighted by Crippen LogP contribution is -2.39. The van der Waals surface area contributed by atoms with Crippen LogP contribution in [0.5, 0.6) is 0 Å². The lowest BCUT2D eigenvalue weighted by Gasteiger charge is -2.27. The highest BCUT2D eigenvalue weighted by Gasteiger charge is 2.30. The van der Waals surface area contributed by atoms with Gasteiger partial charge in [-0.25, -0.2) is 0 Å². The molecule has 3 heteroatoms. The molecule has 92 valence electrons. The van der Waals surface area contributed by atoms with E-state index < -0.39 is 0 Å². The van der Waals surface area contributed by atoms with Crippen molar-refractivity contribution in [1.82, 2.24) is 0 Å². The lowest BCUT2D eigenvalue weighted by molar-refractivity contribution is -0.151. The molecule has 0 amide bonds. The Hall–Kier alpha value is -0.570. The summed E-state index contributed by atoms with van der Waals surface area (Å²) in [6.45, 7) is 0.627. The first-order valence-corrected chi connectivity index (χ1v) is 6.69. The predicted octanol–water partition coefficient (Wildman–Crippen LogP) is 2.24. The summed E-state index contributed by atoms with van der Waals surface area (Å²) >= 11 is 0. The molecular weight excluding hydrogens is 202 g/mol. The number of carbonyl (C=O) groups excluding carboxylic acids is 1. The number of nitrogens with two attached hydrogens (primary N) is 1. The molecule has 3 nitrogen and oxygen atoms in total. The zero-order valence-electron chi connectivity index (χ0n) is 9.99. The lowest BCUT2D eigenvalue weighted by atomic mass is 9.85. The van der Waals surface area contributed by atoms with Gasteiger partial charge in [-0.05, 0) is 31.6 Å². The quantitative estimate of drug-likeness (QED) is 0.749. The zero-order valence-corrected chi connectivity index (χ0v) is 9.99. The Labute approximate surface area is 97.7 Å². The van der Waals surface area contributed by atoms with Crippen LogP contribution in [-0.2, 0) is 9.53 Å². The largest absolute Gasteiger partial charge is 0.465 e. The first-order valence-electron chi connectivity index (χ1n) is 6.69. The van der Waals surface area contributed by atoms with Gasteiger partial charge < -0.3 is 10.5 Å². The third-order valence-electron chi connectivity index (χ3n) is 4.06. The van der Waals surface area contributed by atoms with E-state index in [0.717, 1.165) is 25.7 Å². The second-order valence-electron chi connectivity index (χ2n) is 5.34. The molecule has 2 N–H and O–H groups in total. The first-order chi connectivity index (χ1) is 7.77. The monoisotopic (exact) mass is 225 g/mol. The molecule has 0 radical (unpaired) electrons. The molecule has 0 spiro atoms. The molecule has 2 aliphatic rings. The van der Waals surface area contributed by atoms with Crippen molar-refractivity contribution < 1.29 is 9.53 Å². The summed E-state index contributed by atoms with van der Waals surface area (Å²) in [6, 6.07) is 0.0322. The molecule has 2 saturated carbocycles. The van der Waals surface area contributed by atoms with Crippen molar-refractivity contribution >= 4 is 5.97 Å². The predicted molar refractivity (Wildman–Crippen MR) is 62.9 cm³/mol. The van der Waals surface area contributed by atoms with Crippen LogP contribution in [0.3, 0.4) is 0 Å². The molecule has 0 saturated heterocycles. The molecule has 2 unspecified atom stereocenters. The van der Waals surface area contributed by atoms with Crippen molar-refractivity contribution in [1.29, 1.82) is 0 Å². The van der Waals surface area contributed by atoms with Gasteiger partial charge in [0.2, 0.25) is 0 Å². The van der Waals surface area contributed by atoms with E-state index in [1.165, 1.54) is 25.7 Å². The minimum absolute atomic E-state index is 0.0322. The number of ether oxygens (including phenoxy) is 1. The van der Waals surface area contributed by atoms with Crippen LogP contribution in [0.15, 0.2) is 0 Å². The highest BCUT2D eigenvalue weighted by atomic mass is 16.5. The maximum absolute atomic E-state index is 11.9. The van der Waals surface area contributed by atoms with E-state index in [2.05, 4.69) is 0 Å². The summed E-state index contributed by atoms with van der Waals surface area (Å²) in [7, 11) is 0. The number of carbonyl (C=O) groups is 1. The van der Waals surface area contributed by atoms with E-state index in [4.69, 9.17) is 10.5 Å². The first kappa shape index (κ1) is 11.9. The minimum Gasteiger partial charge on any atom is -0.465 e. The molecule has 0 aromatic carbocycles. The SMILES string of the molecule is NC1CCCCC1C(=O)OCC1CCCC1. The molecule has 0 aliphatic heterocycles. The van der Waals surface area contributed by atoms with Gasteiger partial charge >= 0.3 is 5.97 Å². The minimum atomic E-state index is -0.0425. The molecule has 2 fully saturated rings. The van der Waals surface area contributed by atoms with Crippen LogP contribution in [0.2, 0.25) is 0 Å². The van der Waals surface area contributed by atoms with E-state index in [-0.39, 0.29) is 17.9 Å². The Morgan fingerprint density at radius 2 is 1.69 bits per heavy atom. The van der Waals surface area contributed by atoms with Gasteiger partial charge in [-0.15, -0.1) is 0 Å². The topological polar surface area (TPSA) is 52.3 Å². The average molecular weight is 225 g/mol. The Morgan fingerprint density at radius 1 is 1.06 bits per heavy atom. The molecule has 0 aromatic heterocycles. The highest BCUT2D eigenvalue weighted by Crippen LogP contribution is 2.27. The highest BCUT2D eigenvalue weighted by molar-refractivity contribution is 5.73. The fraction of sp³-hybridized carbons (Fsp3) is 0.923. The summed E-state index contributed by atoms with van der Waals surface area (Å²) < 4.78 is 5.42. The summed E-state index contributed by atoms with van der Waals surface area (Å²) in [6.07, 6.45) is 9.22. The van der Waals surface area contributed by atoms with Crippen LogP contribution in [0, 0.1) is 11.8 Å². The Morgan fingerprint density at radius 3 is 2.38 bits per heavy atom. The van der Waals surface area contributed by atoms with Crippen LogP contribution >= 0.6 is 0 Å². The van der Waals surface area contributed by atoms with Gasteiger partial charge in [0.15, 0.2) is 0 Å². The van der Waals surface area contributed by atoms with Crippen molar-refractivity contribution in [3.63, 3.8) is 0 Å². The maximum atomic E-state index is 11.9. The van der Waals surface area contributed by atoms with Crippen molar-refractivity contribution in [2.24, 2.45) is 17.6 Å². The van der Waals surface area contributed by atoms with Gasteiger partial charge in [-0.2, -0.15) is 0 Å². The second kappa shape index (κ2) is 5.67. The van der Waals surface area contributed by atoms with E-state index in [1.54, 1.807) is 0 Å². The zero-order chi connectivity index (χ0) is 11.4. The molecule has 0 heterocycles. The van der Waals surface area contributed by atoms with E-state index >= 15 is 0 Å². The van der Waals surface area contributed by atoms with Crippen molar-refractivity contribution in [2.45, 2.75) is 57.4 Å². The normalized spacial score (nSPS) is 31.6. The van der Waals surface area contributed by atoms with Crippen molar-refractivity contribution in [3.8, 4) is 0 Å². The number of hydrogen-bond acceptors (Lipinski definition) is 3. The Bertz CT molecular complexity index is 236. The van der Waals surface area contributed by atoms with Gasteiger partial charge in [-0.1, -0.05) is 25.7 Å². The molecule has 0 aromatic rings. The van der Waals surface area contributed by atoms with Gasteiger partial charge in [0.05, 0.1) is 12.5 Å². The molecule has 16 heavy (non-hydrogen) atoms.